The van der Waals surface area contributed by atoms with Gasteiger partial charge in [-0.05, 0) is 42.0 Å². The van der Waals surface area contributed by atoms with Gasteiger partial charge in [0.1, 0.15) is 5.60 Å². The molecule has 0 aliphatic carbocycles. The highest BCUT2D eigenvalue weighted by Crippen LogP contribution is 2.60. The van der Waals surface area contributed by atoms with E-state index < -0.39 is 11.3 Å². The van der Waals surface area contributed by atoms with E-state index in [9.17, 15) is 5.11 Å². The molecule has 7 heteroatoms. The van der Waals surface area contributed by atoms with Gasteiger partial charge >= 0.3 is 0 Å². The minimum absolute atomic E-state index is 0.0197. The Labute approximate surface area is 195 Å². The monoisotopic (exact) mass is 475 g/mol. The lowest BCUT2D eigenvalue weighted by Gasteiger charge is -2.45. The van der Waals surface area contributed by atoms with Gasteiger partial charge in [-0.3, -0.25) is 0 Å². The number of hydrogen-bond acceptors (Lipinski definition) is 6. The van der Waals surface area contributed by atoms with E-state index >= 15 is 0 Å². The Bertz CT molecular complexity index is 938. The standard InChI is InChI=1S/C24H30NO3PS2/c1-4-27-29(30,28-5-2)31-17-16-24(26)18-22(20-12-8-6-9-13-20)25-23(19(24)3)21-14-10-7-11-15-21/h6-15,19,22-23,25-26H,4-5,18H2,1-3H3/t19-,22-,23+,24-/m1/s1. The van der Waals surface area contributed by atoms with E-state index in [2.05, 4.69) is 40.8 Å². The van der Waals surface area contributed by atoms with Gasteiger partial charge in [-0.2, -0.15) is 0 Å². The lowest BCUT2D eigenvalue weighted by molar-refractivity contribution is -0.0196. The fourth-order valence-electron chi connectivity index (χ4n) is 3.88. The summed E-state index contributed by atoms with van der Waals surface area (Å²) in [6.07, 6.45) is 0.487. The van der Waals surface area contributed by atoms with Crippen LogP contribution >= 0.6 is 17.1 Å². The number of rotatable bonds is 7. The van der Waals surface area contributed by atoms with Crippen LogP contribution in [0.3, 0.4) is 0 Å². The van der Waals surface area contributed by atoms with Gasteiger partial charge in [-0.25, -0.2) is 0 Å². The predicted molar refractivity (Wildman–Crippen MR) is 133 cm³/mol. The molecule has 0 spiro atoms. The maximum atomic E-state index is 11.7. The average Bonchev–Trinajstić information content (AvgIpc) is 2.77. The van der Waals surface area contributed by atoms with Crippen molar-refractivity contribution in [2.24, 2.45) is 5.92 Å². The van der Waals surface area contributed by atoms with Crippen molar-refractivity contribution in [1.29, 1.82) is 0 Å². The second kappa shape index (κ2) is 11.1. The zero-order valence-electron chi connectivity index (χ0n) is 18.2. The van der Waals surface area contributed by atoms with E-state index in [-0.39, 0.29) is 18.0 Å². The Morgan fingerprint density at radius 2 is 1.61 bits per heavy atom. The van der Waals surface area contributed by atoms with E-state index in [1.54, 1.807) is 0 Å². The van der Waals surface area contributed by atoms with Gasteiger partial charge in [-0.1, -0.05) is 73.5 Å². The molecule has 1 aliphatic rings. The molecule has 0 bridgehead atoms. The first kappa shape index (κ1) is 24.5. The summed E-state index contributed by atoms with van der Waals surface area (Å²) in [7, 11) is 0. The van der Waals surface area contributed by atoms with Crippen molar-refractivity contribution >= 4 is 28.9 Å². The number of piperidine rings is 1. The number of benzene rings is 2. The second-order valence-electron chi connectivity index (χ2n) is 7.54. The van der Waals surface area contributed by atoms with E-state index in [0.29, 0.717) is 19.6 Å². The zero-order valence-corrected chi connectivity index (χ0v) is 20.7. The Morgan fingerprint density at radius 1 is 1.06 bits per heavy atom. The number of nitrogens with one attached hydrogen (secondary N) is 1. The van der Waals surface area contributed by atoms with Crippen LogP contribution < -0.4 is 5.32 Å². The summed E-state index contributed by atoms with van der Waals surface area (Å²) in [6.45, 7) is 6.79. The Balaban J connectivity index is 1.92. The molecule has 1 aliphatic heterocycles. The highest BCUT2D eigenvalue weighted by Gasteiger charge is 2.45. The molecule has 0 radical (unpaired) electrons. The Morgan fingerprint density at radius 3 is 2.16 bits per heavy atom. The van der Waals surface area contributed by atoms with Crippen LogP contribution in [0, 0.1) is 17.1 Å². The summed E-state index contributed by atoms with van der Waals surface area (Å²) >= 11 is 6.77. The van der Waals surface area contributed by atoms with Crippen LogP contribution in [0.5, 0.6) is 0 Å². The van der Waals surface area contributed by atoms with Crippen LogP contribution in [-0.2, 0) is 20.9 Å². The zero-order chi connectivity index (χ0) is 22.3. The quantitative estimate of drug-likeness (QED) is 0.389. The SMILES string of the molecule is CCOP(=S)(OCC)SC#C[C@@]1(O)C[C@H](c2ccccc2)N[C@H](c2ccccc2)[C@H]1C. The van der Waals surface area contributed by atoms with Crippen molar-refractivity contribution in [3.63, 3.8) is 0 Å². The molecule has 2 aromatic carbocycles. The highest BCUT2D eigenvalue weighted by atomic mass is 32.9. The lowest BCUT2D eigenvalue weighted by Crippen LogP contribution is -2.51. The van der Waals surface area contributed by atoms with Gasteiger partial charge in [0.15, 0.2) is 0 Å². The fourth-order valence-corrected chi connectivity index (χ4v) is 7.41. The largest absolute Gasteiger partial charge is 0.377 e. The van der Waals surface area contributed by atoms with Gasteiger partial charge in [-0.15, -0.1) is 0 Å². The summed E-state index contributed by atoms with van der Waals surface area (Å²) in [6, 6.07) is 20.4. The average molecular weight is 476 g/mol. The molecule has 166 valence electrons. The van der Waals surface area contributed by atoms with E-state index in [0.717, 1.165) is 11.1 Å². The third-order valence-electron chi connectivity index (χ3n) is 5.51. The first-order valence-corrected chi connectivity index (χ1v) is 14.6. The highest BCUT2D eigenvalue weighted by molar-refractivity contribution is 8.69. The second-order valence-corrected chi connectivity index (χ2v) is 13.5. The van der Waals surface area contributed by atoms with Gasteiger partial charge in [0, 0.05) is 35.8 Å². The summed E-state index contributed by atoms with van der Waals surface area (Å²) < 4.78 is 11.3. The maximum absolute atomic E-state index is 11.7. The minimum atomic E-state index is -2.53. The molecule has 0 unspecified atom stereocenters. The molecular weight excluding hydrogens is 445 g/mol. The molecule has 4 atom stereocenters. The summed E-state index contributed by atoms with van der Waals surface area (Å²) in [5.41, 5.74) is -1.44. The van der Waals surface area contributed by atoms with E-state index in [4.69, 9.17) is 20.9 Å². The van der Waals surface area contributed by atoms with Crippen molar-refractivity contribution in [2.75, 3.05) is 13.2 Å². The van der Waals surface area contributed by atoms with Crippen LogP contribution in [0.1, 0.15) is 50.4 Å². The smallest absolute Gasteiger partial charge is 0.259 e. The molecule has 2 N–H and O–H groups in total. The molecule has 1 heterocycles. The molecule has 4 nitrogen and oxygen atoms in total. The molecule has 0 saturated carbocycles. The third kappa shape index (κ3) is 6.21. The summed E-state index contributed by atoms with van der Waals surface area (Å²) in [4.78, 5) is 0. The fraction of sp³-hybridized carbons (Fsp3) is 0.417. The summed E-state index contributed by atoms with van der Waals surface area (Å²) in [5.74, 6) is 3.02. The van der Waals surface area contributed by atoms with Crippen molar-refractivity contribution < 1.29 is 14.2 Å². The topological polar surface area (TPSA) is 50.7 Å². The number of hydrogen-bond donors (Lipinski definition) is 2. The van der Waals surface area contributed by atoms with Crippen molar-refractivity contribution in [3.05, 3.63) is 71.8 Å². The van der Waals surface area contributed by atoms with Crippen molar-refractivity contribution in [1.82, 2.24) is 5.32 Å². The Hall–Kier alpha value is -1.16. The van der Waals surface area contributed by atoms with Crippen LogP contribution in [0.2, 0.25) is 0 Å². The Kier molecular flexibility index (Phi) is 8.78. The van der Waals surface area contributed by atoms with Gasteiger partial charge in [0.05, 0.1) is 13.2 Å². The molecule has 3 rings (SSSR count). The molecule has 0 amide bonds. The van der Waals surface area contributed by atoms with Gasteiger partial charge < -0.3 is 19.5 Å². The van der Waals surface area contributed by atoms with Crippen LogP contribution in [0.15, 0.2) is 60.7 Å². The van der Waals surface area contributed by atoms with Gasteiger partial charge in [0.25, 0.3) is 5.69 Å². The minimum Gasteiger partial charge on any atom is -0.377 e. The molecule has 1 saturated heterocycles. The van der Waals surface area contributed by atoms with Crippen LogP contribution in [0.4, 0.5) is 0 Å². The van der Waals surface area contributed by atoms with E-state index in [1.165, 1.54) is 11.4 Å². The van der Waals surface area contributed by atoms with Crippen LogP contribution in [-0.4, -0.2) is 23.9 Å². The van der Waals surface area contributed by atoms with Crippen molar-refractivity contribution in [2.45, 2.75) is 44.9 Å². The molecule has 0 aromatic heterocycles. The third-order valence-corrected chi connectivity index (χ3v) is 9.96. The molecule has 31 heavy (non-hydrogen) atoms. The first-order valence-electron chi connectivity index (χ1n) is 10.6. The summed E-state index contributed by atoms with van der Waals surface area (Å²) in [5, 5.41) is 18.5. The van der Waals surface area contributed by atoms with Crippen molar-refractivity contribution in [3.8, 4) is 11.2 Å². The van der Waals surface area contributed by atoms with Crippen LogP contribution in [0.25, 0.3) is 0 Å². The molecule has 1 fully saturated rings. The lowest BCUT2D eigenvalue weighted by atomic mass is 9.72. The molecule has 2 aromatic rings. The molecular formula is C24H30NO3PS2. The van der Waals surface area contributed by atoms with Gasteiger partial charge in [0.2, 0.25) is 0 Å². The predicted octanol–water partition coefficient (Wildman–Crippen LogP) is 5.82. The normalized spacial score (nSPS) is 26.1. The number of aliphatic hydroxyl groups is 1. The van der Waals surface area contributed by atoms with E-state index in [1.807, 2.05) is 57.2 Å². The maximum Gasteiger partial charge on any atom is 0.259 e. The first-order chi connectivity index (χ1) is 14.9.